The summed E-state index contributed by atoms with van der Waals surface area (Å²) in [5, 5.41) is 3.47. The molecule has 0 aromatic heterocycles. The highest BCUT2D eigenvalue weighted by Gasteiger charge is 2.35. The number of hydrogen-bond donors (Lipinski definition) is 2. The Morgan fingerprint density at radius 2 is 2.10 bits per heavy atom. The molecule has 1 aliphatic rings. The van der Waals surface area contributed by atoms with Gasteiger partial charge in [-0.2, -0.15) is 24.9 Å². The van der Waals surface area contributed by atoms with Crippen LogP contribution >= 0.6 is 11.8 Å². The van der Waals surface area contributed by atoms with Crippen molar-refractivity contribution in [3.8, 4) is 0 Å². The fourth-order valence-electron chi connectivity index (χ4n) is 2.63. The van der Waals surface area contributed by atoms with Crippen LogP contribution in [0.2, 0.25) is 0 Å². The van der Waals surface area contributed by atoms with Gasteiger partial charge in [-0.15, -0.1) is 0 Å². The van der Waals surface area contributed by atoms with E-state index in [9.17, 15) is 13.2 Å². The highest BCUT2D eigenvalue weighted by atomic mass is 32.2. The molecule has 1 saturated carbocycles. The van der Waals surface area contributed by atoms with Crippen LogP contribution in [0.5, 0.6) is 0 Å². The van der Waals surface area contributed by atoms with Crippen LogP contribution in [0, 0.1) is 0 Å². The maximum Gasteiger partial charge on any atom is 0.418 e. The fraction of sp³-hybridized carbons (Fsp3) is 0.571. The van der Waals surface area contributed by atoms with Gasteiger partial charge in [0.15, 0.2) is 0 Å². The quantitative estimate of drug-likeness (QED) is 0.811. The van der Waals surface area contributed by atoms with Crippen LogP contribution in [0.15, 0.2) is 18.2 Å². The Morgan fingerprint density at radius 3 is 2.75 bits per heavy atom. The average molecular weight is 304 g/mol. The zero-order valence-electron chi connectivity index (χ0n) is 11.3. The van der Waals surface area contributed by atoms with E-state index in [1.54, 1.807) is 0 Å². The van der Waals surface area contributed by atoms with Gasteiger partial charge in [0.2, 0.25) is 0 Å². The lowest BCUT2D eigenvalue weighted by Crippen LogP contribution is -2.27. The minimum atomic E-state index is -4.39. The Hall–Kier alpha value is -1.04. The molecule has 1 aromatic rings. The zero-order chi connectivity index (χ0) is 14.8. The van der Waals surface area contributed by atoms with Crippen LogP contribution in [0.25, 0.3) is 0 Å². The third kappa shape index (κ3) is 3.53. The van der Waals surface area contributed by atoms with Gasteiger partial charge in [-0.3, -0.25) is 0 Å². The summed E-state index contributed by atoms with van der Waals surface area (Å²) in [6.07, 6.45) is -1.35. The van der Waals surface area contributed by atoms with Gasteiger partial charge in [-0.1, -0.05) is 13.3 Å². The van der Waals surface area contributed by atoms with Crippen molar-refractivity contribution in [2.24, 2.45) is 0 Å². The second-order valence-electron chi connectivity index (χ2n) is 4.98. The molecule has 0 radical (unpaired) electrons. The molecule has 2 atom stereocenters. The lowest BCUT2D eigenvalue weighted by Gasteiger charge is -2.23. The van der Waals surface area contributed by atoms with E-state index in [1.807, 2.05) is 11.8 Å². The summed E-state index contributed by atoms with van der Waals surface area (Å²) in [4.78, 5) is 0. The van der Waals surface area contributed by atoms with Gasteiger partial charge in [-0.05, 0) is 36.8 Å². The number of nitrogens with two attached hydrogens (primary N) is 1. The van der Waals surface area contributed by atoms with E-state index < -0.39 is 11.7 Å². The van der Waals surface area contributed by atoms with Crippen LogP contribution in [0.4, 0.5) is 24.5 Å². The number of benzene rings is 1. The smallest absolute Gasteiger partial charge is 0.399 e. The fourth-order valence-corrected chi connectivity index (χ4v) is 3.82. The van der Waals surface area contributed by atoms with Gasteiger partial charge in [0.05, 0.1) is 5.56 Å². The predicted octanol–water partition coefficient (Wildman–Crippen LogP) is 4.37. The molecule has 20 heavy (non-hydrogen) atoms. The Kier molecular flexibility index (Phi) is 4.73. The Labute approximate surface area is 121 Å². The zero-order valence-corrected chi connectivity index (χ0v) is 12.2. The second kappa shape index (κ2) is 6.16. The Morgan fingerprint density at radius 1 is 1.35 bits per heavy atom. The summed E-state index contributed by atoms with van der Waals surface area (Å²) in [7, 11) is 0. The first-order chi connectivity index (χ1) is 9.41. The van der Waals surface area contributed by atoms with Crippen molar-refractivity contribution in [2.75, 3.05) is 16.8 Å². The summed E-state index contributed by atoms with van der Waals surface area (Å²) in [6, 6.07) is 4.04. The minimum absolute atomic E-state index is 0.102. The van der Waals surface area contributed by atoms with Crippen molar-refractivity contribution < 1.29 is 13.2 Å². The Balaban J connectivity index is 2.20. The molecule has 0 bridgehead atoms. The van der Waals surface area contributed by atoms with E-state index >= 15 is 0 Å². The van der Waals surface area contributed by atoms with E-state index in [-0.39, 0.29) is 17.4 Å². The maximum absolute atomic E-state index is 13.0. The van der Waals surface area contributed by atoms with Gasteiger partial charge in [0.1, 0.15) is 0 Å². The molecule has 2 rings (SSSR count). The summed E-state index contributed by atoms with van der Waals surface area (Å²) >= 11 is 1.81. The van der Waals surface area contributed by atoms with Crippen molar-refractivity contribution in [1.29, 1.82) is 0 Å². The molecular weight excluding hydrogens is 285 g/mol. The number of thioether (sulfide) groups is 1. The van der Waals surface area contributed by atoms with Gasteiger partial charge in [-0.25, -0.2) is 0 Å². The van der Waals surface area contributed by atoms with Crippen molar-refractivity contribution >= 4 is 23.1 Å². The maximum atomic E-state index is 13.0. The van der Waals surface area contributed by atoms with E-state index in [2.05, 4.69) is 12.2 Å². The summed E-state index contributed by atoms with van der Waals surface area (Å²) in [5.41, 5.74) is 5.07. The molecule has 0 spiro atoms. The van der Waals surface area contributed by atoms with Crippen LogP contribution < -0.4 is 11.1 Å². The van der Waals surface area contributed by atoms with Crippen LogP contribution in [0.1, 0.15) is 31.7 Å². The number of alkyl halides is 3. The van der Waals surface area contributed by atoms with E-state index in [0.29, 0.717) is 5.25 Å². The van der Waals surface area contributed by atoms with E-state index in [4.69, 9.17) is 5.73 Å². The molecule has 2 nitrogen and oxygen atoms in total. The monoisotopic (exact) mass is 304 g/mol. The van der Waals surface area contributed by atoms with Crippen LogP contribution in [-0.2, 0) is 6.18 Å². The first-order valence-electron chi connectivity index (χ1n) is 6.76. The molecule has 2 unspecified atom stereocenters. The normalized spacial score (nSPS) is 23.0. The topological polar surface area (TPSA) is 38.0 Å². The first kappa shape index (κ1) is 15.4. The van der Waals surface area contributed by atoms with Gasteiger partial charge >= 0.3 is 6.18 Å². The lowest BCUT2D eigenvalue weighted by atomic mass is 10.1. The number of hydrogen-bond acceptors (Lipinski definition) is 3. The molecule has 0 saturated heterocycles. The molecule has 3 N–H and O–H groups in total. The first-order valence-corrected chi connectivity index (χ1v) is 7.81. The van der Waals surface area contributed by atoms with Crippen molar-refractivity contribution in [3.05, 3.63) is 23.8 Å². The van der Waals surface area contributed by atoms with Crippen molar-refractivity contribution in [2.45, 2.75) is 43.7 Å². The molecular formula is C14H19F3N2S. The van der Waals surface area contributed by atoms with Crippen LogP contribution in [0.3, 0.4) is 0 Å². The summed E-state index contributed by atoms with van der Waals surface area (Å²) in [6.45, 7) is 2.07. The Bertz CT molecular complexity index is 462. The van der Waals surface area contributed by atoms with Crippen LogP contribution in [-0.4, -0.2) is 17.0 Å². The van der Waals surface area contributed by atoms with Gasteiger partial charge in [0.25, 0.3) is 0 Å². The summed E-state index contributed by atoms with van der Waals surface area (Å²) in [5.74, 6) is 0.983. The molecule has 1 fully saturated rings. The molecule has 1 aromatic carbocycles. The minimum Gasteiger partial charge on any atom is -0.399 e. The second-order valence-corrected chi connectivity index (χ2v) is 6.49. The predicted molar refractivity (Wildman–Crippen MR) is 79.0 cm³/mol. The highest BCUT2D eigenvalue weighted by Crippen LogP contribution is 2.38. The molecule has 0 heterocycles. The number of rotatable bonds is 4. The number of halogens is 3. The molecule has 1 aliphatic carbocycles. The lowest BCUT2D eigenvalue weighted by molar-refractivity contribution is -0.136. The molecule has 112 valence electrons. The van der Waals surface area contributed by atoms with Crippen molar-refractivity contribution in [1.82, 2.24) is 0 Å². The largest absolute Gasteiger partial charge is 0.418 e. The van der Waals surface area contributed by atoms with E-state index in [0.717, 1.165) is 31.1 Å². The standard InChI is InChI=1S/C14H19F3N2S/c1-2-20-13-5-3-4-12(13)19-11-7-6-9(18)8-10(11)14(15,16)17/h6-8,12-13,19H,2-5,18H2,1H3. The summed E-state index contributed by atoms with van der Waals surface area (Å²) < 4.78 is 39.1. The van der Waals surface area contributed by atoms with Crippen molar-refractivity contribution in [3.63, 3.8) is 0 Å². The molecule has 0 amide bonds. The van der Waals surface area contributed by atoms with Gasteiger partial charge < -0.3 is 11.1 Å². The average Bonchev–Trinajstić information content (AvgIpc) is 2.78. The third-order valence-corrected chi connectivity index (χ3v) is 4.85. The number of nitrogen functional groups attached to an aromatic ring is 1. The molecule has 0 aliphatic heterocycles. The van der Waals surface area contributed by atoms with E-state index in [1.165, 1.54) is 12.1 Å². The molecule has 6 heteroatoms. The highest BCUT2D eigenvalue weighted by molar-refractivity contribution is 7.99. The third-order valence-electron chi connectivity index (χ3n) is 3.52. The number of anilines is 2. The number of nitrogens with one attached hydrogen (secondary N) is 1. The SMILES string of the molecule is CCSC1CCCC1Nc1ccc(N)cc1C(F)(F)F. The van der Waals surface area contributed by atoms with Gasteiger partial charge in [0, 0.05) is 22.7 Å².